The summed E-state index contributed by atoms with van der Waals surface area (Å²) in [5.41, 5.74) is 4.11. The van der Waals surface area contributed by atoms with Gasteiger partial charge in [-0.15, -0.1) is 0 Å². The quantitative estimate of drug-likeness (QED) is 0.267. The van der Waals surface area contributed by atoms with Crippen LogP contribution < -0.4 is 16.6 Å². The minimum Gasteiger partial charge on any atom is -0.463 e. The molecule has 39 heavy (non-hydrogen) atoms. The minimum absolute atomic E-state index is 0.182. The van der Waals surface area contributed by atoms with Crippen molar-refractivity contribution in [1.82, 2.24) is 9.55 Å². The Kier molecular flexibility index (Phi) is 8.86. The second kappa shape index (κ2) is 12.1. The topological polar surface area (TPSA) is 167 Å². The molecule has 12 nitrogen and oxygen atoms in total. The average molecular weight is 544 g/mol. The van der Waals surface area contributed by atoms with E-state index in [1.54, 1.807) is 10.8 Å². The van der Waals surface area contributed by atoms with Crippen LogP contribution in [-0.4, -0.2) is 57.4 Å². The van der Waals surface area contributed by atoms with E-state index in [9.17, 15) is 19.5 Å². The zero-order valence-corrected chi connectivity index (χ0v) is 22.6. The predicted octanol–water partition coefficient (Wildman–Crippen LogP) is 3.33. The van der Waals surface area contributed by atoms with Gasteiger partial charge in [-0.2, -0.15) is 4.98 Å². The van der Waals surface area contributed by atoms with Gasteiger partial charge in [-0.3, -0.25) is 14.4 Å². The summed E-state index contributed by atoms with van der Waals surface area (Å²) in [4.78, 5) is 45.6. The number of aliphatic hydroxyl groups is 1. The Morgan fingerprint density at radius 3 is 2.56 bits per heavy atom. The number of anilines is 2. The van der Waals surface area contributed by atoms with E-state index in [1.165, 1.54) is 19.3 Å². The van der Waals surface area contributed by atoms with Crippen LogP contribution in [0.25, 0.3) is 10.8 Å². The van der Waals surface area contributed by atoms with E-state index in [4.69, 9.17) is 19.9 Å². The maximum atomic E-state index is 12.7. The van der Waals surface area contributed by atoms with Crippen LogP contribution in [0, 0.1) is 0 Å². The Morgan fingerprint density at radius 1 is 1.18 bits per heavy atom. The summed E-state index contributed by atoms with van der Waals surface area (Å²) < 4.78 is 19.1. The van der Waals surface area contributed by atoms with E-state index in [1.807, 2.05) is 13.8 Å². The molecule has 4 N–H and O–H groups in total. The van der Waals surface area contributed by atoms with Gasteiger partial charge in [0.25, 0.3) is 5.56 Å². The van der Waals surface area contributed by atoms with Gasteiger partial charge in [0, 0.05) is 36.2 Å². The zero-order valence-electron chi connectivity index (χ0n) is 22.6. The highest BCUT2D eigenvalue weighted by Gasteiger charge is 2.57. The summed E-state index contributed by atoms with van der Waals surface area (Å²) >= 11 is 0. The molecule has 2 aliphatic heterocycles. The second-order valence-corrected chi connectivity index (χ2v) is 10.2. The van der Waals surface area contributed by atoms with Crippen LogP contribution >= 0.6 is 0 Å². The van der Waals surface area contributed by atoms with Crippen molar-refractivity contribution in [2.75, 3.05) is 17.7 Å². The molecule has 0 aromatic carbocycles. The average Bonchev–Trinajstić information content (AvgIpc) is 3.34. The van der Waals surface area contributed by atoms with Crippen molar-refractivity contribution >= 4 is 46.4 Å². The standard InChI is InChI=1S/C27H37N5O7/c1-4-6-8-10-20(34)37-14-18-23(39-21(35)11-9-7-5-2)27(3,36)26(38-18)32-13-16-17(28)12-19(33)31-24-22(16)25(32)30-15-29-24/h12-13,15,18,23,26,36H,4-11,14,28H2,1-3H3,(H,29,30,31,33)/t18-,23-,26-,27+/m1/s1. The highest BCUT2D eigenvalue weighted by molar-refractivity contribution is 6.10. The highest BCUT2D eigenvalue weighted by Crippen LogP contribution is 2.46. The van der Waals surface area contributed by atoms with Crippen LogP contribution in [0.1, 0.15) is 78.4 Å². The second-order valence-electron chi connectivity index (χ2n) is 10.2. The lowest BCUT2D eigenvalue weighted by Gasteiger charge is -2.30. The SMILES string of the molecule is CCCCCC(=O)OC[C@H]1O[C@@H](n2cc3c(N)cc(=O)nc4c3c2N=CN4)[C@@](C)(O)[C@@H]1OC(=O)CCCCC. The third-order valence-corrected chi connectivity index (χ3v) is 7.05. The van der Waals surface area contributed by atoms with Gasteiger partial charge in [-0.25, -0.2) is 4.99 Å². The highest BCUT2D eigenvalue weighted by atomic mass is 16.6. The minimum atomic E-state index is -1.74. The summed E-state index contributed by atoms with van der Waals surface area (Å²) in [6, 6.07) is 1.21. The molecular formula is C27H37N5O7. The van der Waals surface area contributed by atoms with Gasteiger partial charge in [0.2, 0.25) is 0 Å². The smallest absolute Gasteiger partial charge is 0.306 e. The number of carbonyl (C=O) groups excluding carboxylic acids is 2. The third kappa shape index (κ3) is 6.06. The van der Waals surface area contributed by atoms with Gasteiger partial charge < -0.3 is 34.9 Å². The van der Waals surface area contributed by atoms with Crippen molar-refractivity contribution in [2.45, 2.75) is 96.2 Å². The van der Waals surface area contributed by atoms with E-state index in [0.29, 0.717) is 29.4 Å². The zero-order chi connectivity index (χ0) is 28.2. The van der Waals surface area contributed by atoms with E-state index < -0.39 is 35.6 Å². The number of rotatable bonds is 12. The molecule has 4 rings (SSSR count). The van der Waals surface area contributed by atoms with Crippen LogP contribution in [0.5, 0.6) is 0 Å². The molecule has 0 saturated carbocycles. The van der Waals surface area contributed by atoms with Crippen LogP contribution in [-0.2, 0) is 23.8 Å². The molecule has 2 aromatic heterocycles. The molecule has 1 fully saturated rings. The van der Waals surface area contributed by atoms with E-state index in [2.05, 4.69) is 15.3 Å². The van der Waals surface area contributed by atoms with E-state index in [0.717, 1.165) is 25.7 Å². The van der Waals surface area contributed by atoms with Gasteiger partial charge in [0.1, 0.15) is 29.9 Å². The number of nitrogens with one attached hydrogen (secondary N) is 1. The fourth-order valence-corrected chi connectivity index (χ4v) is 4.99. The third-order valence-electron chi connectivity index (χ3n) is 7.05. The monoisotopic (exact) mass is 543 g/mol. The molecule has 0 radical (unpaired) electrons. The fraction of sp³-hybridized carbons (Fsp3) is 0.593. The first-order chi connectivity index (χ1) is 18.7. The molecule has 2 aliphatic rings. The lowest BCUT2D eigenvalue weighted by atomic mass is 9.96. The first-order valence-electron chi connectivity index (χ1n) is 13.5. The summed E-state index contributed by atoms with van der Waals surface area (Å²) in [7, 11) is 0. The Hall–Kier alpha value is -3.51. The lowest BCUT2D eigenvalue weighted by Crippen LogP contribution is -2.47. The molecule has 2 aromatic rings. The summed E-state index contributed by atoms with van der Waals surface area (Å²) in [5.74, 6) is -0.233. The van der Waals surface area contributed by atoms with Gasteiger partial charge in [-0.1, -0.05) is 39.5 Å². The predicted molar refractivity (Wildman–Crippen MR) is 146 cm³/mol. The number of hydrogen-bond acceptors (Lipinski definition) is 11. The van der Waals surface area contributed by atoms with E-state index >= 15 is 0 Å². The van der Waals surface area contributed by atoms with E-state index in [-0.39, 0.29) is 36.9 Å². The van der Waals surface area contributed by atoms with Crippen LogP contribution in [0.4, 0.5) is 17.3 Å². The lowest BCUT2D eigenvalue weighted by molar-refractivity contribution is -0.165. The molecule has 0 aliphatic carbocycles. The summed E-state index contributed by atoms with van der Waals surface area (Å²) in [6.45, 7) is 5.39. The van der Waals surface area contributed by atoms with Gasteiger partial charge in [0.05, 0.1) is 11.7 Å². The number of unbranched alkanes of at least 4 members (excludes halogenated alkanes) is 4. The molecule has 212 valence electrons. The molecule has 1 saturated heterocycles. The van der Waals surface area contributed by atoms with Gasteiger partial charge in [0.15, 0.2) is 12.3 Å². The largest absolute Gasteiger partial charge is 0.463 e. The van der Waals surface area contributed by atoms with Crippen molar-refractivity contribution in [2.24, 2.45) is 4.99 Å². The number of aliphatic imine (C=N–C) groups is 1. The number of nitrogens with zero attached hydrogens (tertiary/aromatic N) is 3. The fourth-order valence-electron chi connectivity index (χ4n) is 4.99. The number of nitrogen functional groups attached to an aromatic ring is 1. The molecule has 12 heteroatoms. The first kappa shape index (κ1) is 28.5. The molecular weight excluding hydrogens is 506 g/mol. The molecule has 0 unspecified atom stereocenters. The van der Waals surface area contributed by atoms with Crippen molar-refractivity contribution in [3.63, 3.8) is 0 Å². The summed E-state index contributed by atoms with van der Waals surface area (Å²) in [5, 5.41) is 15.6. The molecule has 0 amide bonds. The maximum Gasteiger partial charge on any atom is 0.306 e. The number of hydrogen-bond donors (Lipinski definition) is 3. The Labute approximate surface area is 226 Å². The maximum absolute atomic E-state index is 12.7. The Bertz CT molecular complexity index is 1310. The number of aromatic nitrogens is 2. The number of ether oxygens (including phenoxy) is 3. The first-order valence-corrected chi connectivity index (χ1v) is 13.5. The normalized spacial score (nSPS) is 23.5. The van der Waals surface area contributed by atoms with Crippen molar-refractivity contribution in [3.05, 3.63) is 22.6 Å². The number of nitrogens with two attached hydrogens (primary N) is 1. The molecule has 0 bridgehead atoms. The van der Waals surface area contributed by atoms with Crippen molar-refractivity contribution < 1.29 is 28.9 Å². The number of carbonyl (C=O) groups is 2. The Balaban J connectivity index is 1.66. The molecule has 0 spiro atoms. The van der Waals surface area contributed by atoms with Gasteiger partial charge >= 0.3 is 11.9 Å². The van der Waals surface area contributed by atoms with Crippen LogP contribution in [0.3, 0.4) is 0 Å². The Morgan fingerprint density at radius 2 is 1.87 bits per heavy atom. The molecule has 4 heterocycles. The molecule has 4 atom stereocenters. The van der Waals surface area contributed by atoms with Gasteiger partial charge in [-0.05, 0) is 19.8 Å². The van der Waals surface area contributed by atoms with Crippen molar-refractivity contribution in [1.29, 1.82) is 0 Å². The number of esters is 2. The summed E-state index contributed by atoms with van der Waals surface area (Å²) in [6.07, 6.45) is 5.40. The van der Waals surface area contributed by atoms with Crippen LogP contribution in [0.2, 0.25) is 0 Å². The van der Waals surface area contributed by atoms with Crippen LogP contribution in [0.15, 0.2) is 22.1 Å². The van der Waals surface area contributed by atoms with Crippen molar-refractivity contribution in [3.8, 4) is 0 Å².